The minimum atomic E-state index is 0.324. The minimum absolute atomic E-state index is 0.324. The smallest absolute Gasteiger partial charge is 0.144 e. The van der Waals surface area contributed by atoms with Crippen molar-refractivity contribution in [2.75, 3.05) is 7.11 Å². The zero-order chi connectivity index (χ0) is 12.3. The average Bonchev–Trinajstić information content (AvgIpc) is 2.75. The molecular formula is C10H10N4OS2. The molecule has 2 aromatic heterocycles. The van der Waals surface area contributed by atoms with Gasteiger partial charge in [-0.25, -0.2) is 4.98 Å². The SMILES string of the molecule is COCc1nc(-c2cnccn2)sc1C(N)=S. The lowest BCUT2D eigenvalue weighted by atomic mass is 10.3. The van der Waals surface area contributed by atoms with Gasteiger partial charge in [0.1, 0.15) is 15.7 Å². The van der Waals surface area contributed by atoms with Crippen molar-refractivity contribution in [1.29, 1.82) is 0 Å². The second kappa shape index (κ2) is 5.26. The van der Waals surface area contributed by atoms with E-state index in [9.17, 15) is 0 Å². The molecule has 0 radical (unpaired) electrons. The second-order valence-electron chi connectivity index (χ2n) is 3.18. The van der Waals surface area contributed by atoms with Gasteiger partial charge in [-0.15, -0.1) is 11.3 Å². The Balaban J connectivity index is 2.44. The Kier molecular flexibility index (Phi) is 3.72. The van der Waals surface area contributed by atoms with Gasteiger partial charge in [0.2, 0.25) is 0 Å². The van der Waals surface area contributed by atoms with Crippen molar-refractivity contribution in [2.24, 2.45) is 5.73 Å². The standard InChI is InChI=1S/C10H10N4OS2/c1-15-5-7-8(9(11)16)17-10(14-7)6-4-12-2-3-13-6/h2-4H,5H2,1H3,(H2,11,16). The number of aromatic nitrogens is 3. The molecule has 2 N–H and O–H groups in total. The lowest BCUT2D eigenvalue weighted by molar-refractivity contribution is 0.182. The molecule has 2 heterocycles. The van der Waals surface area contributed by atoms with E-state index in [1.807, 2.05) is 0 Å². The molecule has 0 fully saturated rings. The van der Waals surface area contributed by atoms with E-state index < -0.39 is 0 Å². The third-order valence-corrected chi connectivity index (χ3v) is 3.47. The van der Waals surface area contributed by atoms with Gasteiger partial charge in [-0.3, -0.25) is 9.97 Å². The van der Waals surface area contributed by atoms with Crippen molar-refractivity contribution in [1.82, 2.24) is 15.0 Å². The summed E-state index contributed by atoms with van der Waals surface area (Å²) >= 11 is 6.38. The van der Waals surface area contributed by atoms with Crippen LogP contribution in [-0.2, 0) is 11.3 Å². The summed E-state index contributed by atoms with van der Waals surface area (Å²) in [4.78, 5) is 13.7. The third kappa shape index (κ3) is 2.63. The predicted molar refractivity (Wildman–Crippen MR) is 69.7 cm³/mol. The van der Waals surface area contributed by atoms with Crippen LogP contribution in [0.1, 0.15) is 10.6 Å². The second-order valence-corrected chi connectivity index (χ2v) is 4.62. The van der Waals surface area contributed by atoms with E-state index in [0.29, 0.717) is 17.3 Å². The van der Waals surface area contributed by atoms with Gasteiger partial charge in [0.05, 0.1) is 23.4 Å². The van der Waals surface area contributed by atoms with Gasteiger partial charge in [0, 0.05) is 19.5 Å². The molecule has 0 aliphatic heterocycles. The van der Waals surface area contributed by atoms with Gasteiger partial charge in [-0.2, -0.15) is 0 Å². The summed E-state index contributed by atoms with van der Waals surface area (Å²) in [5.41, 5.74) is 7.09. The summed E-state index contributed by atoms with van der Waals surface area (Å²) in [5.74, 6) is 0. The number of nitrogens with two attached hydrogens (primary N) is 1. The molecule has 0 aromatic carbocycles. The van der Waals surface area contributed by atoms with Gasteiger partial charge < -0.3 is 10.5 Å². The fourth-order valence-electron chi connectivity index (χ4n) is 1.30. The topological polar surface area (TPSA) is 73.9 Å². The molecule has 0 unspecified atom stereocenters. The molecule has 17 heavy (non-hydrogen) atoms. The number of thiazole rings is 1. The number of ether oxygens (including phenoxy) is 1. The van der Waals surface area contributed by atoms with E-state index in [-0.39, 0.29) is 0 Å². The number of hydrogen-bond donors (Lipinski definition) is 1. The van der Waals surface area contributed by atoms with E-state index in [4.69, 9.17) is 22.7 Å². The third-order valence-electron chi connectivity index (χ3n) is 1.98. The van der Waals surface area contributed by atoms with Crippen molar-refractivity contribution in [3.63, 3.8) is 0 Å². The quantitative estimate of drug-likeness (QED) is 0.843. The number of thiocarbonyl (C=S) groups is 1. The molecule has 0 saturated heterocycles. The van der Waals surface area contributed by atoms with Crippen molar-refractivity contribution in [3.05, 3.63) is 29.2 Å². The first-order valence-corrected chi connectivity index (χ1v) is 5.99. The lowest BCUT2D eigenvalue weighted by Crippen LogP contribution is -2.10. The molecule has 0 aliphatic rings. The molecule has 5 nitrogen and oxygen atoms in total. The maximum Gasteiger partial charge on any atom is 0.144 e. The lowest BCUT2D eigenvalue weighted by Gasteiger charge is -1.96. The normalized spacial score (nSPS) is 10.4. The maximum absolute atomic E-state index is 5.65. The highest BCUT2D eigenvalue weighted by Crippen LogP contribution is 2.26. The molecule has 0 saturated carbocycles. The van der Waals surface area contributed by atoms with Crippen LogP contribution in [0.5, 0.6) is 0 Å². The van der Waals surface area contributed by atoms with Crippen molar-refractivity contribution < 1.29 is 4.74 Å². The van der Waals surface area contributed by atoms with E-state index >= 15 is 0 Å². The zero-order valence-corrected chi connectivity index (χ0v) is 10.7. The molecule has 0 bridgehead atoms. The highest BCUT2D eigenvalue weighted by Gasteiger charge is 2.15. The van der Waals surface area contributed by atoms with Crippen molar-refractivity contribution >= 4 is 28.5 Å². The predicted octanol–water partition coefficient (Wildman–Crippen LogP) is 1.38. The first-order chi connectivity index (χ1) is 8.22. The Labute approximate surface area is 108 Å². The molecule has 0 aliphatic carbocycles. The van der Waals surface area contributed by atoms with E-state index in [2.05, 4.69) is 15.0 Å². The largest absolute Gasteiger partial charge is 0.389 e. The van der Waals surface area contributed by atoms with E-state index in [0.717, 1.165) is 15.6 Å². The Bertz CT molecular complexity index is 526. The van der Waals surface area contributed by atoms with Gasteiger partial charge in [-0.1, -0.05) is 12.2 Å². The first-order valence-electron chi connectivity index (χ1n) is 4.77. The monoisotopic (exact) mass is 266 g/mol. The van der Waals surface area contributed by atoms with Gasteiger partial charge in [0.25, 0.3) is 0 Å². The molecular weight excluding hydrogens is 256 g/mol. The van der Waals surface area contributed by atoms with E-state index in [1.54, 1.807) is 25.7 Å². The van der Waals surface area contributed by atoms with Crippen LogP contribution in [0.3, 0.4) is 0 Å². The molecule has 88 valence electrons. The summed E-state index contributed by atoms with van der Waals surface area (Å²) in [6.07, 6.45) is 4.88. The van der Waals surface area contributed by atoms with Crippen LogP contribution in [0.2, 0.25) is 0 Å². The molecule has 7 heteroatoms. The first kappa shape index (κ1) is 12.0. The Hall–Kier alpha value is -1.44. The molecule has 2 aromatic rings. The van der Waals surface area contributed by atoms with Crippen LogP contribution in [0.25, 0.3) is 10.7 Å². The summed E-state index contributed by atoms with van der Waals surface area (Å²) in [6.45, 7) is 0.378. The van der Waals surface area contributed by atoms with Crippen LogP contribution in [0.4, 0.5) is 0 Å². The van der Waals surface area contributed by atoms with E-state index in [1.165, 1.54) is 11.3 Å². The van der Waals surface area contributed by atoms with Crippen LogP contribution in [0.15, 0.2) is 18.6 Å². The van der Waals surface area contributed by atoms with Gasteiger partial charge in [0.15, 0.2) is 0 Å². The summed E-state index contributed by atoms with van der Waals surface area (Å²) in [6, 6.07) is 0. The Morgan fingerprint density at radius 2 is 2.35 bits per heavy atom. The maximum atomic E-state index is 5.65. The van der Waals surface area contributed by atoms with Crippen LogP contribution >= 0.6 is 23.6 Å². The molecule has 2 rings (SSSR count). The molecule has 0 atom stereocenters. The fraction of sp³-hybridized carbons (Fsp3) is 0.200. The van der Waals surface area contributed by atoms with Gasteiger partial charge >= 0.3 is 0 Å². The summed E-state index contributed by atoms with van der Waals surface area (Å²) in [5, 5.41) is 0.743. The van der Waals surface area contributed by atoms with Crippen LogP contribution in [-0.4, -0.2) is 27.1 Å². The van der Waals surface area contributed by atoms with Crippen LogP contribution < -0.4 is 5.73 Å². The molecule has 0 amide bonds. The Morgan fingerprint density at radius 1 is 1.53 bits per heavy atom. The highest BCUT2D eigenvalue weighted by molar-refractivity contribution is 7.81. The van der Waals surface area contributed by atoms with Crippen molar-refractivity contribution in [2.45, 2.75) is 6.61 Å². The number of methoxy groups -OCH3 is 1. The zero-order valence-electron chi connectivity index (χ0n) is 9.08. The average molecular weight is 266 g/mol. The highest BCUT2D eigenvalue weighted by atomic mass is 32.1. The number of hydrogen-bond acceptors (Lipinski definition) is 6. The van der Waals surface area contributed by atoms with Gasteiger partial charge in [-0.05, 0) is 0 Å². The number of nitrogens with zero attached hydrogens (tertiary/aromatic N) is 3. The fourth-order valence-corrected chi connectivity index (χ4v) is 2.42. The summed E-state index contributed by atoms with van der Waals surface area (Å²) in [7, 11) is 1.60. The minimum Gasteiger partial charge on any atom is -0.389 e. The van der Waals surface area contributed by atoms with Crippen molar-refractivity contribution in [3.8, 4) is 10.7 Å². The molecule has 0 spiro atoms. The summed E-state index contributed by atoms with van der Waals surface area (Å²) < 4.78 is 5.06. The van der Waals surface area contributed by atoms with Crippen LogP contribution in [0, 0.1) is 0 Å². The Morgan fingerprint density at radius 3 is 2.94 bits per heavy atom. The number of rotatable bonds is 4.